The molecule has 4 aromatic rings. The van der Waals surface area contributed by atoms with Gasteiger partial charge in [-0.05, 0) is 13.0 Å². The normalized spacial score (nSPS) is 11.1. The summed E-state index contributed by atoms with van der Waals surface area (Å²) in [4.78, 5) is 17.7. The average molecular weight is 360 g/mol. The first-order valence-corrected chi connectivity index (χ1v) is 8.68. The molecule has 136 valence electrons. The number of hydrogen-bond donors (Lipinski definition) is 1. The first-order valence-electron chi connectivity index (χ1n) is 8.68. The van der Waals surface area contributed by atoms with Gasteiger partial charge in [-0.1, -0.05) is 30.3 Å². The molecule has 0 unspecified atom stereocenters. The molecule has 0 atom stereocenters. The summed E-state index contributed by atoms with van der Waals surface area (Å²) in [6.07, 6.45) is 3.63. The predicted octanol–water partition coefficient (Wildman–Crippen LogP) is 2.61. The summed E-state index contributed by atoms with van der Waals surface area (Å²) in [5.74, 6) is -0.153. The van der Waals surface area contributed by atoms with Crippen LogP contribution in [0.2, 0.25) is 0 Å². The van der Waals surface area contributed by atoms with Gasteiger partial charge in [-0.25, -0.2) is 4.98 Å². The molecule has 7 heteroatoms. The van der Waals surface area contributed by atoms with Crippen molar-refractivity contribution in [2.75, 3.05) is 0 Å². The minimum Gasteiger partial charge on any atom is -0.348 e. The number of nitrogens with one attached hydrogen (secondary N) is 1. The van der Waals surface area contributed by atoms with Crippen LogP contribution in [0.4, 0.5) is 0 Å². The van der Waals surface area contributed by atoms with Gasteiger partial charge >= 0.3 is 0 Å². The molecule has 0 bridgehead atoms. The first-order chi connectivity index (χ1) is 13.0. The molecule has 3 heterocycles. The summed E-state index contributed by atoms with van der Waals surface area (Å²) in [5.41, 5.74) is 4.71. The van der Waals surface area contributed by atoms with E-state index in [4.69, 9.17) is 4.98 Å². The van der Waals surface area contributed by atoms with E-state index in [1.807, 2.05) is 63.6 Å². The molecular formula is C20H20N6O. The Kier molecular flexibility index (Phi) is 4.19. The molecule has 0 aliphatic carbocycles. The van der Waals surface area contributed by atoms with Crippen LogP contribution >= 0.6 is 0 Å². The summed E-state index contributed by atoms with van der Waals surface area (Å²) < 4.78 is 3.43. The summed E-state index contributed by atoms with van der Waals surface area (Å²) >= 11 is 0. The number of pyridine rings is 1. The predicted molar refractivity (Wildman–Crippen MR) is 103 cm³/mol. The lowest BCUT2D eigenvalue weighted by Gasteiger charge is -2.09. The van der Waals surface area contributed by atoms with Crippen LogP contribution in [0.3, 0.4) is 0 Å². The van der Waals surface area contributed by atoms with E-state index in [9.17, 15) is 4.79 Å². The molecule has 7 nitrogen and oxygen atoms in total. The zero-order chi connectivity index (χ0) is 19.0. The third-order valence-electron chi connectivity index (χ3n) is 4.49. The van der Waals surface area contributed by atoms with Crippen LogP contribution in [0.1, 0.15) is 21.6 Å². The highest BCUT2D eigenvalue weighted by molar-refractivity contribution is 6.07. The van der Waals surface area contributed by atoms with Gasteiger partial charge < -0.3 is 5.32 Å². The maximum atomic E-state index is 13.0. The quantitative estimate of drug-likeness (QED) is 0.607. The van der Waals surface area contributed by atoms with Gasteiger partial charge in [0, 0.05) is 38.0 Å². The van der Waals surface area contributed by atoms with Crippen LogP contribution in [0.5, 0.6) is 0 Å². The maximum Gasteiger partial charge on any atom is 0.252 e. The van der Waals surface area contributed by atoms with Crippen molar-refractivity contribution in [2.24, 2.45) is 14.1 Å². The molecule has 0 saturated carbocycles. The van der Waals surface area contributed by atoms with Gasteiger partial charge in [-0.15, -0.1) is 0 Å². The van der Waals surface area contributed by atoms with Gasteiger partial charge in [-0.3, -0.25) is 14.2 Å². The smallest absolute Gasteiger partial charge is 0.252 e. The highest BCUT2D eigenvalue weighted by Gasteiger charge is 2.19. The van der Waals surface area contributed by atoms with Gasteiger partial charge in [0.1, 0.15) is 0 Å². The van der Waals surface area contributed by atoms with Crippen molar-refractivity contribution in [3.63, 3.8) is 0 Å². The van der Waals surface area contributed by atoms with Crippen LogP contribution in [-0.4, -0.2) is 30.5 Å². The largest absolute Gasteiger partial charge is 0.348 e. The Labute approximate surface area is 156 Å². The number of rotatable bonds is 4. The molecule has 1 N–H and O–H groups in total. The molecule has 4 rings (SSSR count). The number of aryl methyl sites for hydroxylation is 3. The second kappa shape index (κ2) is 6.68. The lowest BCUT2D eigenvalue weighted by Crippen LogP contribution is -2.23. The van der Waals surface area contributed by atoms with Crippen molar-refractivity contribution < 1.29 is 4.79 Å². The zero-order valence-electron chi connectivity index (χ0n) is 15.5. The second-order valence-corrected chi connectivity index (χ2v) is 6.53. The van der Waals surface area contributed by atoms with Gasteiger partial charge in [0.05, 0.1) is 28.5 Å². The Balaban J connectivity index is 1.76. The van der Waals surface area contributed by atoms with Crippen LogP contribution in [0.25, 0.3) is 22.3 Å². The van der Waals surface area contributed by atoms with Crippen molar-refractivity contribution in [1.82, 2.24) is 29.9 Å². The lowest BCUT2D eigenvalue weighted by atomic mass is 10.0. The van der Waals surface area contributed by atoms with Crippen LogP contribution < -0.4 is 5.32 Å². The van der Waals surface area contributed by atoms with E-state index in [1.165, 1.54) is 0 Å². The fourth-order valence-corrected chi connectivity index (χ4v) is 3.22. The number of carbonyl (C=O) groups excluding carboxylic acids is 1. The number of carbonyl (C=O) groups is 1. The average Bonchev–Trinajstić information content (AvgIpc) is 3.22. The van der Waals surface area contributed by atoms with Crippen molar-refractivity contribution in [1.29, 1.82) is 0 Å². The van der Waals surface area contributed by atoms with E-state index in [0.717, 1.165) is 27.9 Å². The number of amides is 1. The van der Waals surface area contributed by atoms with Crippen molar-refractivity contribution >= 4 is 16.9 Å². The summed E-state index contributed by atoms with van der Waals surface area (Å²) in [7, 11) is 3.69. The van der Waals surface area contributed by atoms with E-state index in [2.05, 4.69) is 15.5 Å². The molecule has 1 amide bonds. The Bertz CT molecular complexity index is 1130. The van der Waals surface area contributed by atoms with Gasteiger partial charge in [0.25, 0.3) is 5.91 Å². The van der Waals surface area contributed by atoms with Crippen LogP contribution in [-0.2, 0) is 20.6 Å². The van der Waals surface area contributed by atoms with E-state index >= 15 is 0 Å². The molecule has 27 heavy (non-hydrogen) atoms. The Hall–Kier alpha value is -3.48. The fraction of sp³-hybridized carbons (Fsp3) is 0.200. The lowest BCUT2D eigenvalue weighted by molar-refractivity contribution is 0.0952. The first kappa shape index (κ1) is 17.0. The van der Waals surface area contributed by atoms with Crippen molar-refractivity contribution in [3.8, 4) is 11.3 Å². The maximum absolute atomic E-state index is 13.0. The highest BCUT2D eigenvalue weighted by atomic mass is 16.1. The third-order valence-corrected chi connectivity index (χ3v) is 4.49. The molecule has 0 aliphatic rings. The molecule has 0 fully saturated rings. The van der Waals surface area contributed by atoms with E-state index < -0.39 is 0 Å². The minimum atomic E-state index is -0.153. The van der Waals surface area contributed by atoms with Crippen LogP contribution in [0, 0.1) is 6.92 Å². The van der Waals surface area contributed by atoms with Crippen molar-refractivity contribution in [3.05, 3.63) is 65.6 Å². The standard InChI is InChI=1S/C20H20N6O/c1-13-18-16(20(27)21-10-14-11-22-25(2)12-14)9-17(15-7-5-4-6-8-15)23-19(18)26(3)24-13/h4-9,11-12H,10H2,1-3H3,(H,21,27). The fourth-order valence-electron chi connectivity index (χ4n) is 3.22. The number of hydrogen-bond acceptors (Lipinski definition) is 4. The summed E-state index contributed by atoms with van der Waals surface area (Å²) in [6.45, 7) is 2.31. The highest BCUT2D eigenvalue weighted by Crippen LogP contribution is 2.26. The molecule has 1 aromatic carbocycles. The van der Waals surface area contributed by atoms with Gasteiger partial charge in [0.2, 0.25) is 0 Å². The van der Waals surface area contributed by atoms with Crippen molar-refractivity contribution in [2.45, 2.75) is 13.5 Å². The Morgan fingerprint density at radius 3 is 2.67 bits per heavy atom. The van der Waals surface area contributed by atoms with E-state index in [0.29, 0.717) is 17.8 Å². The number of benzene rings is 1. The van der Waals surface area contributed by atoms with Crippen LogP contribution in [0.15, 0.2) is 48.8 Å². The third kappa shape index (κ3) is 3.19. The van der Waals surface area contributed by atoms with Gasteiger partial charge in [-0.2, -0.15) is 10.2 Å². The molecule has 0 spiro atoms. The second-order valence-electron chi connectivity index (χ2n) is 6.53. The topological polar surface area (TPSA) is 77.6 Å². The SMILES string of the molecule is Cc1nn(C)c2nc(-c3ccccc3)cc(C(=O)NCc3cnn(C)c3)c12. The van der Waals surface area contributed by atoms with Gasteiger partial charge in [0.15, 0.2) is 5.65 Å². The molecule has 3 aromatic heterocycles. The molecule has 0 aliphatic heterocycles. The summed E-state index contributed by atoms with van der Waals surface area (Å²) in [5, 5.41) is 12.3. The summed E-state index contributed by atoms with van der Waals surface area (Å²) in [6, 6.07) is 11.7. The van der Waals surface area contributed by atoms with E-state index in [-0.39, 0.29) is 5.91 Å². The Morgan fingerprint density at radius 1 is 1.19 bits per heavy atom. The monoisotopic (exact) mass is 360 g/mol. The molecule has 0 saturated heterocycles. The Morgan fingerprint density at radius 2 is 1.96 bits per heavy atom. The van der Waals surface area contributed by atoms with E-state index in [1.54, 1.807) is 15.6 Å². The molecule has 0 radical (unpaired) electrons. The number of aromatic nitrogens is 5. The minimum absolute atomic E-state index is 0.153. The number of fused-ring (bicyclic) bond motifs is 1. The molecular weight excluding hydrogens is 340 g/mol. The zero-order valence-corrected chi connectivity index (χ0v) is 15.5. The number of nitrogens with zero attached hydrogens (tertiary/aromatic N) is 5.